The van der Waals surface area contributed by atoms with Gasteiger partial charge in [0.2, 0.25) is 0 Å². The molecular formula is C15H14O2. The first kappa shape index (κ1) is 10.5. The standard InChI is InChI=1S/C15H14O2/c1-10(17-16)11-6-7-15-13(8-11)9-12-4-2-3-5-14(12)15/h2-10,14,16H,1H3. The van der Waals surface area contributed by atoms with E-state index in [2.05, 4.69) is 47.4 Å². The van der Waals surface area contributed by atoms with Crippen LogP contribution in [0.4, 0.5) is 0 Å². The Morgan fingerprint density at radius 2 is 2.18 bits per heavy atom. The molecule has 1 aromatic carbocycles. The summed E-state index contributed by atoms with van der Waals surface area (Å²) in [5, 5.41) is 8.71. The van der Waals surface area contributed by atoms with Gasteiger partial charge in [0.1, 0.15) is 6.10 Å². The number of allylic oxidation sites excluding steroid dienone is 5. The monoisotopic (exact) mass is 226 g/mol. The number of benzene rings is 1. The first-order chi connectivity index (χ1) is 8.29. The van der Waals surface area contributed by atoms with E-state index in [-0.39, 0.29) is 6.10 Å². The third kappa shape index (κ3) is 1.66. The molecule has 86 valence electrons. The van der Waals surface area contributed by atoms with Crippen LogP contribution in [0.25, 0.3) is 6.08 Å². The highest BCUT2D eigenvalue weighted by molar-refractivity contribution is 5.72. The molecule has 0 aromatic heterocycles. The van der Waals surface area contributed by atoms with Gasteiger partial charge >= 0.3 is 0 Å². The predicted octanol–water partition coefficient (Wildman–Crippen LogP) is 3.84. The van der Waals surface area contributed by atoms with Gasteiger partial charge in [-0.25, -0.2) is 4.89 Å². The highest BCUT2D eigenvalue weighted by atomic mass is 17.1. The average Bonchev–Trinajstić information content (AvgIpc) is 2.75. The van der Waals surface area contributed by atoms with Crippen molar-refractivity contribution in [2.24, 2.45) is 0 Å². The smallest absolute Gasteiger partial charge is 0.115 e. The van der Waals surface area contributed by atoms with E-state index in [0.717, 1.165) is 5.56 Å². The Morgan fingerprint density at radius 1 is 1.29 bits per heavy atom. The average molecular weight is 226 g/mol. The van der Waals surface area contributed by atoms with Crippen LogP contribution in [0.5, 0.6) is 0 Å². The van der Waals surface area contributed by atoms with Crippen molar-refractivity contribution in [1.29, 1.82) is 0 Å². The maximum absolute atomic E-state index is 8.71. The molecule has 0 bridgehead atoms. The number of hydrogen-bond donors (Lipinski definition) is 1. The van der Waals surface area contributed by atoms with Gasteiger partial charge in [-0.15, -0.1) is 0 Å². The molecule has 2 heteroatoms. The van der Waals surface area contributed by atoms with E-state index in [1.165, 1.54) is 16.7 Å². The minimum absolute atomic E-state index is 0.285. The second-order valence-corrected chi connectivity index (χ2v) is 4.50. The van der Waals surface area contributed by atoms with Crippen LogP contribution < -0.4 is 0 Å². The van der Waals surface area contributed by atoms with Gasteiger partial charge in [0.15, 0.2) is 0 Å². The summed E-state index contributed by atoms with van der Waals surface area (Å²) in [7, 11) is 0. The van der Waals surface area contributed by atoms with Crippen molar-refractivity contribution in [1.82, 2.24) is 0 Å². The number of rotatable bonds is 2. The molecule has 1 N–H and O–H groups in total. The molecule has 2 nitrogen and oxygen atoms in total. The normalized spacial score (nSPS) is 22.0. The van der Waals surface area contributed by atoms with E-state index in [1.54, 1.807) is 0 Å². The fraction of sp³-hybridized carbons (Fsp3) is 0.200. The third-order valence-electron chi connectivity index (χ3n) is 3.46. The molecule has 0 spiro atoms. The molecule has 2 aliphatic carbocycles. The molecule has 0 saturated heterocycles. The van der Waals surface area contributed by atoms with Gasteiger partial charge in [-0.05, 0) is 35.3 Å². The maximum atomic E-state index is 8.71. The first-order valence-electron chi connectivity index (χ1n) is 5.80. The molecule has 3 rings (SSSR count). The lowest BCUT2D eigenvalue weighted by Crippen LogP contribution is -1.99. The van der Waals surface area contributed by atoms with Crippen molar-refractivity contribution in [2.75, 3.05) is 0 Å². The van der Waals surface area contributed by atoms with Crippen molar-refractivity contribution in [3.8, 4) is 0 Å². The molecule has 0 amide bonds. The minimum atomic E-state index is -0.285. The SMILES string of the molecule is CC(OO)c1ccc2c(c1)C=C1C=CC=CC12. The van der Waals surface area contributed by atoms with E-state index in [9.17, 15) is 0 Å². The Labute approximate surface area is 100 Å². The summed E-state index contributed by atoms with van der Waals surface area (Å²) in [5.74, 6) is 0.398. The lowest BCUT2D eigenvalue weighted by molar-refractivity contribution is -0.277. The zero-order valence-electron chi connectivity index (χ0n) is 9.63. The van der Waals surface area contributed by atoms with Crippen molar-refractivity contribution in [3.63, 3.8) is 0 Å². The van der Waals surface area contributed by atoms with Crippen LogP contribution in [0.15, 0.2) is 48.1 Å². The molecule has 0 aliphatic heterocycles. The number of fused-ring (bicyclic) bond motifs is 3. The van der Waals surface area contributed by atoms with Crippen LogP contribution in [-0.2, 0) is 4.89 Å². The summed E-state index contributed by atoms with van der Waals surface area (Å²) in [6, 6.07) is 6.23. The van der Waals surface area contributed by atoms with Crippen molar-refractivity contribution >= 4 is 6.08 Å². The lowest BCUT2D eigenvalue weighted by atomic mass is 9.91. The van der Waals surface area contributed by atoms with E-state index >= 15 is 0 Å². The second kappa shape index (κ2) is 3.99. The molecule has 0 saturated carbocycles. The summed E-state index contributed by atoms with van der Waals surface area (Å²) in [5.41, 5.74) is 4.88. The van der Waals surface area contributed by atoms with Crippen LogP contribution in [0.3, 0.4) is 0 Å². The zero-order valence-corrected chi connectivity index (χ0v) is 9.63. The lowest BCUT2D eigenvalue weighted by Gasteiger charge is -2.14. The van der Waals surface area contributed by atoms with E-state index in [4.69, 9.17) is 5.26 Å². The van der Waals surface area contributed by atoms with Crippen LogP contribution in [0.1, 0.15) is 35.6 Å². The van der Waals surface area contributed by atoms with Gasteiger partial charge in [-0.2, -0.15) is 0 Å². The molecule has 2 atom stereocenters. The molecular weight excluding hydrogens is 212 g/mol. The van der Waals surface area contributed by atoms with Crippen molar-refractivity contribution in [3.05, 3.63) is 64.8 Å². The van der Waals surface area contributed by atoms with Crippen LogP contribution >= 0.6 is 0 Å². The van der Waals surface area contributed by atoms with E-state index in [1.807, 2.05) is 13.0 Å². The molecule has 0 heterocycles. The Bertz CT molecular complexity index is 538. The van der Waals surface area contributed by atoms with Gasteiger partial charge < -0.3 is 0 Å². The molecule has 1 aromatic rings. The summed E-state index contributed by atoms with van der Waals surface area (Å²) < 4.78 is 0. The quantitative estimate of drug-likeness (QED) is 0.613. The van der Waals surface area contributed by atoms with Crippen molar-refractivity contribution in [2.45, 2.75) is 18.9 Å². The minimum Gasteiger partial charge on any atom is -0.251 e. The molecule has 17 heavy (non-hydrogen) atoms. The van der Waals surface area contributed by atoms with Crippen LogP contribution in [0, 0.1) is 0 Å². The summed E-state index contributed by atoms with van der Waals surface area (Å²) >= 11 is 0. The molecule has 2 aliphatic rings. The Morgan fingerprint density at radius 3 is 3.00 bits per heavy atom. The largest absolute Gasteiger partial charge is 0.251 e. The topological polar surface area (TPSA) is 29.5 Å². The summed E-state index contributed by atoms with van der Waals surface area (Å²) in [4.78, 5) is 4.37. The fourth-order valence-corrected chi connectivity index (χ4v) is 2.47. The highest BCUT2D eigenvalue weighted by Gasteiger charge is 2.23. The van der Waals surface area contributed by atoms with Gasteiger partial charge in [0.25, 0.3) is 0 Å². The Hall–Kier alpha value is -1.64. The highest BCUT2D eigenvalue weighted by Crippen LogP contribution is 2.40. The second-order valence-electron chi connectivity index (χ2n) is 4.50. The molecule has 2 unspecified atom stereocenters. The summed E-state index contributed by atoms with van der Waals surface area (Å²) in [6.45, 7) is 1.83. The van der Waals surface area contributed by atoms with Gasteiger partial charge in [0, 0.05) is 5.92 Å². The fourth-order valence-electron chi connectivity index (χ4n) is 2.47. The molecule has 0 radical (unpaired) electrons. The van der Waals surface area contributed by atoms with Crippen LogP contribution in [-0.4, -0.2) is 5.26 Å². The third-order valence-corrected chi connectivity index (χ3v) is 3.46. The maximum Gasteiger partial charge on any atom is 0.115 e. The van der Waals surface area contributed by atoms with Gasteiger partial charge in [-0.1, -0.05) is 42.5 Å². The summed E-state index contributed by atoms with van der Waals surface area (Å²) in [6.07, 6.45) is 10.4. The number of hydrogen-bond acceptors (Lipinski definition) is 2. The molecule has 0 fully saturated rings. The Kier molecular flexibility index (Phi) is 2.46. The first-order valence-corrected chi connectivity index (χ1v) is 5.80. The van der Waals surface area contributed by atoms with Gasteiger partial charge in [0.05, 0.1) is 0 Å². The predicted molar refractivity (Wildman–Crippen MR) is 67.6 cm³/mol. The Balaban J connectivity index is 2.04. The van der Waals surface area contributed by atoms with E-state index < -0.39 is 0 Å². The van der Waals surface area contributed by atoms with Gasteiger partial charge in [-0.3, -0.25) is 5.26 Å². The van der Waals surface area contributed by atoms with E-state index in [0.29, 0.717) is 5.92 Å². The zero-order chi connectivity index (χ0) is 11.8. The van der Waals surface area contributed by atoms with Crippen molar-refractivity contribution < 1.29 is 10.1 Å². The van der Waals surface area contributed by atoms with Crippen LogP contribution in [0.2, 0.25) is 0 Å².